The molecule has 1 saturated heterocycles. The molecule has 0 bridgehead atoms. The topological polar surface area (TPSA) is 34.1 Å². The number of halogens is 1. The maximum atomic E-state index is 6.47. The largest absolute Gasteiger partial charge is 0.362 e. The van der Waals surface area contributed by atoms with Gasteiger partial charge in [-0.1, -0.05) is 93.5 Å². The van der Waals surface area contributed by atoms with Gasteiger partial charge in [-0.3, -0.25) is 4.90 Å². The molecule has 0 radical (unpaired) electrons. The molecule has 0 aliphatic carbocycles. The second-order valence-electron chi connectivity index (χ2n) is 12.0. The molecule has 2 aliphatic rings. The molecule has 0 unspecified atom stereocenters. The summed E-state index contributed by atoms with van der Waals surface area (Å²) in [7, 11) is 2.18. The Labute approximate surface area is 277 Å². The lowest BCUT2D eigenvalue weighted by molar-refractivity contribution is 0.216. The van der Waals surface area contributed by atoms with Crippen LogP contribution in [0.5, 0.6) is 0 Å². The van der Waals surface area contributed by atoms with Crippen molar-refractivity contribution in [3.63, 3.8) is 0 Å². The van der Waals surface area contributed by atoms with Gasteiger partial charge >= 0.3 is 0 Å². The molecule has 0 amide bonds. The third-order valence-electron chi connectivity index (χ3n) is 8.45. The Kier molecular flexibility index (Phi) is 14.8. The van der Waals surface area contributed by atoms with E-state index in [1.807, 2.05) is 18.2 Å². The van der Waals surface area contributed by atoms with E-state index >= 15 is 0 Å². The fourth-order valence-corrected chi connectivity index (χ4v) is 6.27. The number of anilines is 2. The molecular formula is C37H52ClN5S. The van der Waals surface area contributed by atoms with Crippen molar-refractivity contribution in [3.05, 3.63) is 77.4 Å². The van der Waals surface area contributed by atoms with Gasteiger partial charge in [-0.05, 0) is 88.1 Å². The molecule has 44 heavy (non-hydrogen) atoms. The number of thiocarbonyl (C=S) groups is 1. The van der Waals surface area contributed by atoms with E-state index in [4.69, 9.17) is 28.8 Å². The summed E-state index contributed by atoms with van der Waals surface area (Å²) in [5.41, 5.74) is 3.96. The van der Waals surface area contributed by atoms with E-state index in [0.717, 1.165) is 74.0 Å². The van der Waals surface area contributed by atoms with Crippen LogP contribution in [0.15, 0.2) is 71.8 Å². The molecule has 238 valence electrons. The summed E-state index contributed by atoms with van der Waals surface area (Å²) in [5.74, 6) is 0.993. The highest BCUT2D eigenvalue weighted by Gasteiger charge is 2.29. The molecule has 2 aromatic carbocycles. The van der Waals surface area contributed by atoms with Gasteiger partial charge in [0.2, 0.25) is 0 Å². The van der Waals surface area contributed by atoms with Crippen molar-refractivity contribution in [2.75, 3.05) is 44.7 Å². The summed E-state index contributed by atoms with van der Waals surface area (Å²) in [4.78, 5) is 12.1. The van der Waals surface area contributed by atoms with E-state index in [2.05, 4.69) is 82.6 Å². The van der Waals surface area contributed by atoms with Crippen molar-refractivity contribution >= 4 is 51.8 Å². The number of nitrogens with zero attached hydrogens (tertiary/aromatic N) is 4. The Hall–Kier alpha value is -2.67. The standard InChI is InChI=1S/C37H52ClN5S/c1-3-4-5-6-7-8-9-10-11-12-13-14-15-16-17-20-25-39-37(44)43-34-22-19-18-21-32(34)36(42-28-26-41(2)27-29-42)40-33-30-31(38)23-24-35(33)43/h7-8,10-11,18-19,21-24,30H,3-6,9,12-17,20,25-29H2,1-2H3,(H,39,44)/b8-7-,11-10-. The summed E-state index contributed by atoms with van der Waals surface area (Å²) in [6.07, 6.45) is 24.3. The number of unbranched alkanes of at least 4 members (excludes halogenated alkanes) is 9. The number of nitrogens with one attached hydrogen (secondary N) is 1. The van der Waals surface area contributed by atoms with Crippen molar-refractivity contribution < 1.29 is 0 Å². The van der Waals surface area contributed by atoms with E-state index in [-0.39, 0.29) is 0 Å². The number of allylic oxidation sites excluding steroid dienone is 4. The zero-order valence-electron chi connectivity index (χ0n) is 26.9. The quantitative estimate of drug-likeness (QED) is 0.120. The van der Waals surface area contributed by atoms with Crippen LogP contribution in [0.1, 0.15) is 89.5 Å². The number of amidine groups is 1. The summed E-state index contributed by atoms with van der Waals surface area (Å²) >= 11 is 12.5. The summed E-state index contributed by atoms with van der Waals surface area (Å²) < 4.78 is 0. The summed E-state index contributed by atoms with van der Waals surface area (Å²) in [5, 5.41) is 4.95. The molecule has 0 saturated carbocycles. The average Bonchev–Trinajstić information content (AvgIpc) is 3.17. The van der Waals surface area contributed by atoms with Crippen LogP contribution in [0.3, 0.4) is 0 Å². The minimum absolute atomic E-state index is 0.677. The number of rotatable bonds is 15. The minimum Gasteiger partial charge on any atom is -0.362 e. The highest BCUT2D eigenvalue weighted by molar-refractivity contribution is 7.80. The van der Waals surface area contributed by atoms with Crippen LogP contribution in [-0.2, 0) is 0 Å². The van der Waals surface area contributed by atoms with E-state index in [1.54, 1.807) is 0 Å². The monoisotopic (exact) mass is 633 g/mol. The van der Waals surface area contributed by atoms with Crippen LogP contribution < -0.4 is 10.2 Å². The Bertz CT molecular complexity index is 1260. The first-order chi connectivity index (χ1) is 21.6. The van der Waals surface area contributed by atoms with Gasteiger partial charge in [0.15, 0.2) is 5.11 Å². The van der Waals surface area contributed by atoms with Crippen LogP contribution in [0.25, 0.3) is 0 Å². The maximum absolute atomic E-state index is 6.47. The number of aliphatic imine (C=N–C) groups is 1. The highest BCUT2D eigenvalue weighted by atomic mass is 35.5. The number of hydrogen-bond acceptors (Lipinski definition) is 4. The van der Waals surface area contributed by atoms with Gasteiger partial charge in [-0.25, -0.2) is 4.99 Å². The van der Waals surface area contributed by atoms with Crippen LogP contribution in [0, 0.1) is 0 Å². The first kappa shape index (κ1) is 34.2. The molecule has 2 heterocycles. The molecule has 4 rings (SSSR count). The number of likely N-dealkylation sites (N-methyl/N-ethyl adjacent to an activating group) is 1. The number of para-hydroxylation sites is 1. The van der Waals surface area contributed by atoms with Crippen molar-refractivity contribution in [1.29, 1.82) is 0 Å². The van der Waals surface area contributed by atoms with Crippen LogP contribution in [0.2, 0.25) is 5.02 Å². The molecule has 1 fully saturated rings. The number of benzene rings is 2. The lowest BCUT2D eigenvalue weighted by Crippen LogP contribution is -2.47. The van der Waals surface area contributed by atoms with Crippen molar-refractivity contribution in [2.24, 2.45) is 4.99 Å². The van der Waals surface area contributed by atoms with Crippen LogP contribution in [-0.4, -0.2) is 60.5 Å². The Morgan fingerprint density at radius 3 is 2.27 bits per heavy atom. The molecule has 2 aliphatic heterocycles. The first-order valence-corrected chi connectivity index (χ1v) is 17.7. The zero-order chi connectivity index (χ0) is 31.0. The SMILES string of the molecule is CCCCC/C=C\C/C=C\CCCCCCCCNC(=S)N1c2ccc(Cl)cc2N=C(N2CCN(C)CC2)c2ccccc21. The molecule has 5 nitrogen and oxygen atoms in total. The van der Waals surface area contributed by atoms with Crippen LogP contribution >= 0.6 is 23.8 Å². The van der Waals surface area contributed by atoms with E-state index < -0.39 is 0 Å². The lowest BCUT2D eigenvalue weighted by atomic mass is 10.1. The normalized spacial score (nSPS) is 15.4. The van der Waals surface area contributed by atoms with Gasteiger partial charge in [0.05, 0.1) is 17.1 Å². The summed E-state index contributed by atoms with van der Waals surface area (Å²) in [6.45, 7) is 7.03. The van der Waals surface area contributed by atoms with Gasteiger partial charge in [-0.2, -0.15) is 0 Å². The maximum Gasteiger partial charge on any atom is 0.178 e. The fourth-order valence-electron chi connectivity index (χ4n) is 5.80. The molecule has 0 aromatic heterocycles. The van der Waals surface area contributed by atoms with E-state index in [9.17, 15) is 0 Å². The van der Waals surface area contributed by atoms with Gasteiger partial charge in [0, 0.05) is 43.3 Å². The Morgan fingerprint density at radius 2 is 1.52 bits per heavy atom. The molecule has 0 spiro atoms. The molecule has 1 N–H and O–H groups in total. The highest BCUT2D eigenvalue weighted by Crippen LogP contribution is 2.41. The zero-order valence-corrected chi connectivity index (χ0v) is 28.5. The molecule has 0 atom stereocenters. The molecule has 2 aromatic rings. The minimum atomic E-state index is 0.677. The van der Waals surface area contributed by atoms with Crippen LogP contribution in [0.4, 0.5) is 17.1 Å². The average molecular weight is 634 g/mol. The second-order valence-corrected chi connectivity index (χ2v) is 12.9. The van der Waals surface area contributed by atoms with Crippen molar-refractivity contribution in [1.82, 2.24) is 15.1 Å². The van der Waals surface area contributed by atoms with E-state index in [0.29, 0.717) is 10.1 Å². The third kappa shape index (κ3) is 10.5. The number of fused-ring (bicyclic) bond motifs is 2. The van der Waals surface area contributed by atoms with Gasteiger partial charge in [-0.15, -0.1) is 0 Å². The number of hydrogen-bond donors (Lipinski definition) is 1. The van der Waals surface area contributed by atoms with Crippen molar-refractivity contribution in [3.8, 4) is 0 Å². The predicted octanol–water partition coefficient (Wildman–Crippen LogP) is 9.81. The smallest absolute Gasteiger partial charge is 0.178 e. The first-order valence-electron chi connectivity index (χ1n) is 16.9. The van der Waals surface area contributed by atoms with E-state index in [1.165, 1.54) is 64.2 Å². The Morgan fingerprint density at radius 1 is 0.841 bits per heavy atom. The lowest BCUT2D eigenvalue weighted by Gasteiger charge is -2.35. The van der Waals surface area contributed by atoms with Gasteiger partial charge < -0.3 is 15.1 Å². The predicted molar refractivity (Wildman–Crippen MR) is 195 cm³/mol. The molecular weight excluding hydrogens is 582 g/mol. The van der Waals surface area contributed by atoms with Gasteiger partial charge in [0.1, 0.15) is 5.84 Å². The van der Waals surface area contributed by atoms with Gasteiger partial charge in [0.25, 0.3) is 0 Å². The van der Waals surface area contributed by atoms with Crippen molar-refractivity contribution in [2.45, 2.75) is 84.0 Å². The second kappa shape index (κ2) is 19.0. The number of piperazine rings is 1. The fraction of sp³-hybridized carbons (Fsp3) is 0.514. The third-order valence-corrected chi connectivity index (χ3v) is 9.01. The molecule has 7 heteroatoms. The summed E-state index contributed by atoms with van der Waals surface area (Å²) in [6, 6.07) is 14.4. The Balaban J connectivity index is 1.24.